The van der Waals surface area contributed by atoms with E-state index in [1.807, 2.05) is 62.4 Å². The van der Waals surface area contributed by atoms with Crippen LogP contribution < -0.4 is 10.1 Å². The fraction of sp³-hybridized carbons (Fsp3) is 0.250. The van der Waals surface area contributed by atoms with Crippen molar-refractivity contribution in [2.24, 2.45) is 10.9 Å². The second-order valence-corrected chi connectivity index (χ2v) is 6.68. The van der Waals surface area contributed by atoms with E-state index < -0.39 is 12.0 Å². The summed E-state index contributed by atoms with van der Waals surface area (Å²) in [5.74, 6) is 0.350. The number of aryl methyl sites for hydroxylation is 1. The molecule has 2 heterocycles. The van der Waals surface area contributed by atoms with Gasteiger partial charge < -0.3 is 10.1 Å². The van der Waals surface area contributed by atoms with Crippen LogP contribution in [0.5, 0.6) is 5.75 Å². The lowest BCUT2D eigenvalue weighted by Gasteiger charge is -2.30. The maximum atomic E-state index is 13.3. The Bertz CT molecular complexity index is 1060. The second kappa shape index (κ2) is 7.22. The number of nitrogens with one attached hydrogen (secondary N) is 1. The average Bonchev–Trinajstić information content (AvgIpc) is 3.16. The van der Waals surface area contributed by atoms with Crippen molar-refractivity contribution < 1.29 is 9.53 Å². The Labute approximate surface area is 162 Å². The minimum absolute atomic E-state index is 0.162. The smallest absolute Gasteiger partial charge is 0.269 e. The van der Waals surface area contributed by atoms with Crippen LogP contribution in [0.4, 0.5) is 11.6 Å². The third-order valence-electron chi connectivity index (χ3n) is 4.90. The molecule has 3 aromatic rings. The number of nitrogens with zero attached hydrogens (tertiary/aromatic N) is 5. The first kappa shape index (κ1) is 17.8. The third kappa shape index (κ3) is 3.13. The van der Waals surface area contributed by atoms with Gasteiger partial charge >= 0.3 is 0 Å². The van der Waals surface area contributed by atoms with Crippen molar-refractivity contribution in [1.82, 2.24) is 20.2 Å². The molecule has 0 radical (unpaired) electrons. The average molecular weight is 376 g/mol. The summed E-state index contributed by atoms with van der Waals surface area (Å²) in [5, 5.41) is 14.8. The Kier molecular flexibility index (Phi) is 4.60. The van der Waals surface area contributed by atoms with Crippen molar-refractivity contribution in [2.45, 2.75) is 19.9 Å². The molecule has 8 nitrogen and oxygen atoms in total. The molecule has 28 heavy (non-hydrogen) atoms. The number of fused-ring (bicyclic) bond motifs is 1. The summed E-state index contributed by atoms with van der Waals surface area (Å²) in [6.07, 6.45) is 0. The summed E-state index contributed by atoms with van der Waals surface area (Å²) >= 11 is 0. The number of ether oxygens (including phenoxy) is 1. The zero-order valence-electron chi connectivity index (χ0n) is 15.8. The number of hydrogen-bond acceptors (Lipinski definition) is 6. The lowest BCUT2D eigenvalue weighted by Crippen LogP contribution is -2.39. The molecular formula is C20H20N6O2. The number of para-hydroxylation sites is 1. The zero-order chi connectivity index (χ0) is 19.7. The predicted octanol–water partition coefficient (Wildman–Crippen LogP) is 2.94. The zero-order valence-corrected chi connectivity index (χ0v) is 15.8. The molecule has 1 N–H and O–H groups in total. The van der Waals surface area contributed by atoms with E-state index in [1.54, 1.807) is 11.8 Å². The highest BCUT2D eigenvalue weighted by atomic mass is 16.5. The van der Waals surface area contributed by atoms with Crippen LogP contribution in [0.1, 0.15) is 24.1 Å². The van der Waals surface area contributed by atoms with Crippen molar-refractivity contribution in [3.8, 4) is 5.75 Å². The molecule has 2 atom stereocenters. The number of aromatic nitrogens is 4. The molecule has 1 aliphatic rings. The molecule has 0 fully saturated rings. The van der Waals surface area contributed by atoms with Gasteiger partial charge in [0.2, 0.25) is 5.91 Å². The molecular weight excluding hydrogens is 356 g/mol. The van der Waals surface area contributed by atoms with E-state index in [1.165, 1.54) is 0 Å². The molecule has 2 aromatic carbocycles. The van der Waals surface area contributed by atoms with Crippen LogP contribution in [-0.2, 0) is 4.79 Å². The van der Waals surface area contributed by atoms with Gasteiger partial charge in [-0.15, -0.1) is 0 Å². The van der Waals surface area contributed by atoms with Crippen molar-refractivity contribution in [2.75, 3.05) is 12.4 Å². The molecule has 1 aromatic heterocycles. The molecule has 8 heteroatoms. The van der Waals surface area contributed by atoms with Gasteiger partial charge in [-0.05, 0) is 53.6 Å². The first-order chi connectivity index (χ1) is 13.6. The highest BCUT2D eigenvalue weighted by Crippen LogP contribution is 2.36. The Morgan fingerprint density at radius 3 is 2.75 bits per heavy atom. The van der Waals surface area contributed by atoms with Crippen LogP contribution in [-0.4, -0.2) is 38.9 Å². The largest absolute Gasteiger partial charge is 0.497 e. The van der Waals surface area contributed by atoms with E-state index in [2.05, 4.69) is 25.8 Å². The van der Waals surface area contributed by atoms with Crippen molar-refractivity contribution in [1.29, 1.82) is 0 Å². The summed E-state index contributed by atoms with van der Waals surface area (Å²) in [7, 11) is 1.61. The van der Waals surface area contributed by atoms with E-state index in [0.29, 0.717) is 17.4 Å². The molecule has 142 valence electrons. The molecule has 0 aliphatic carbocycles. The van der Waals surface area contributed by atoms with Crippen LogP contribution >= 0.6 is 0 Å². The van der Waals surface area contributed by atoms with Gasteiger partial charge in [0.1, 0.15) is 11.7 Å². The molecule has 1 aliphatic heterocycles. The molecule has 0 saturated carbocycles. The summed E-state index contributed by atoms with van der Waals surface area (Å²) in [4.78, 5) is 17.7. The Morgan fingerprint density at radius 2 is 1.96 bits per heavy atom. The van der Waals surface area contributed by atoms with Gasteiger partial charge in [0.25, 0.3) is 5.95 Å². The molecule has 2 unspecified atom stereocenters. The second-order valence-electron chi connectivity index (χ2n) is 6.68. The Hall–Kier alpha value is -3.55. The van der Waals surface area contributed by atoms with Gasteiger partial charge in [0.05, 0.1) is 13.2 Å². The van der Waals surface area contributed by atoms with E-state index in [4.69, 9.17) is 4.74 Å². The minimum Gasteiger partial charge on any atom is -0.497 e. The van der Waals surface area contributed by atoms with E-state index in [0.717, 1.165) is 16.8 Å². The summed E-state index contributed by atoms with van der Waals surface area (Å²) < 4.78 is 6.94. The summed E-state index contributed by atoms with van der Waals surface area (Å²) in [6.45, 7) is 3.78. The van der Waals surface area contributed by atoms with Crippen LogP contribution in [0.25, 0.3) is 0 Å². The monoisotopic (exact) mass is 376 g/mol. The van der Waals surface area contributed by atoms with Crippen molar-refractivity contribution in [3.63, 3.8) is 0 Å². The number of hydrogen-bond donors (Lipinski definition) is 1. The lowest BCUT2D eigenvalue weighted by atomic mass is 9.87. The first-order valence-electron chi connectivity index (χ1n) is 8.92. The number of methoxy groups -OCH3 is 1. The highest BCUT2D eigenvalue weighted by molar-refractivity contribution is 6.10. The minimum atomic E-state index is -0.567. The summed E-state index contributed by atoms with van der Waals surface area (Å²) in [6, 6.07) is 14.8. The van der Waals surface area contributed by atoms with Crippen LogP contribution in [0.3, 0.4) is 0 Å². The van der Waals surface area contributed by atoms with Crippen molar-refractivity contribution in [3.05, 3.63) is 59.7 Å². The number of aliphatic imine (C=N–C) groups is 1. The van der Waals surface area contributed by atoms with Gasteiger partial charge in [-0.1, -0.05) is 35.4 Å². The van der Waals surface area contributed by atoms with E-state index >= 15 is 0 Å². The SMILES string of the molecule is COc1cccc(C2C(C(=O)Nc3ccccc3C)C(C)=Nc3nnnn32)c1. The van der Waals surface area contributed by atoms with Crippen LogP contribution in [0, 0.1) is 12.8 Å². The molecule has 4 rings (SSSR count). The van der Waals surface area contributed by atoms with E-state index in [-0.39, 0.29) is 5.91 Å². The van der Waals surface area contributed by atoms with Crippen LogP contribution in [0.2, 0.25) is 0 Å². The number of carbonyl (C=O) groups is 1. The number of benzene rings is 2. The maximum absolute atomic E-state index is 13.3. The maximum Gasteiger partial charge on any atom is 0.269 e. The van der Waals surface area contributed by atoms with Gasteiger partial charge in [-0.25, -0.2) is 9.67 Å². The predicted molar refractivity (Wildman–Crippen MR) is 105 cm³/mol. The fourth-order valence-corrected chi connectivity index (χ4v) is 3.46. The van der Waals surface area contributed by atoms with Gasteiger partial charge in [-0.2, -0.15) is 0 Å². The molecule has 0 spiro atoms. The quantitative estimate of drug-likeness (QED) is 0.755. The standard InChI is InChI=1S/C20H20N6O2/c1-12-7-4-5-10-16(12)22-19(27)17-13(2)21-20-23-24-25-26(20)18(17)14-8-6-9-15(11-14)28-3/h4-11,17-18H,1-3H3,(H,22,27). The number of anilines is 1. The number of amides is 1. The molecule has 0 saturated heterocycles. The molecule has 1 amide bonds. The number of tetrazole rings is 1. The Morgan fingerprint density at radius 1 is 1.14 bits per heavy atom. The van der Waals surface area contributed by atoms with Crippen LogP contribution in [0.15, 0.2) is 53.5 Å². The first-order valence-corrected chi connectivity index (χ1v) is 8.92. The van der Waals surface area contributed by atoms with Gasteiger partial charge in [-0.3, -0.25) is 4.79 Å². The molecule has 0 bridgehead atoms. The highest BCUT2D eigenvalue weighted by Gasteiger charge is 2.39. The van der Waals surface area contributed by atoms with Crippen molar-refractivity contribution >= 4 is 23.3 Å². The lowest BCUT2D eigenvalue weighted by molar-refractivity contribution is -0.118. The fourth-order valence-electron chi connectivity index (χ4n) is 3.46. The summed E-state index contributed by atoms with van der Waals surface area (Å²) in [5.41, 5.74) is 3.28. The van der Waals surface area contributed by atoms with E-state index in [9.17, 15) is 4.79 Å². The van der Waals surface area contributed by atoms with Gasteiger partial charge in [0.15, 0.2) is 0 Å². The number of rotatable bonds is 4. The normalized spacial score (nSPS) is 18.2. The third-order valence-corrected chi connectivity index (χ3v) is 4.90. The van der Waals surface area contributed by atoms with Gasteiger partial charge in [0, 0.05) is 11.4 Å². The number of carbonyl (C=O) groups excluding carboxylic acids is 1. The topological polar surface area (TPSA) is 94.3 Å². The Balaban J connectivity index is 1.77.